The van der Waals surface area contributed by atoms with E-state index in [0.29, 0.717) is 17.0 Å². The fourth-order valence-electron chi connectivity index (χ4n) is 1.61. The minimum Gasteiger partial charge on any atom is -0.508 e. The molecule has 2 aromatic rings. The molecule has 2 rings (SSSR count). The van der Waals surface area contributed by atoms with Crippen molar-refractivity contribution in [3.8, 4) is 17.2 Å². The van der Waals surface area contributed by atoms with E-state index in [1.165, 1.54) is 0 Å². The molecule has 0 aliphatic rings. The van der Waals surface area contributed by atoms with E-state index in [1.54, 1.807) is 12.1 Å². The van der Waals surface area contributed by atoms with Crippen molar-refractivity contribution in [1.82, 2.24) is 10.1 Å². The van der Waals surface area contributed by atoms with E-state index in [-0.39, 0.29) is 5.75 Å². The Bertz CT molecular complexity index is 554. The molecule has 0 radical (unpaired) electrons. The fourth-order valence-corrected chi connectivity index (χ4v) is 2.40. The highest BCUT2D eigenvalue weighted by atomic mass is 32.2. The highest BCUT2D eigenvalue weighted by molar-refractivity contribution is 7.99. The smallest absolute Gasteiger partial charge is 0.258 e. The van der Waals surface area contributed by atoms with Crippen LogP contribution in [0.25, 0.3) is 11.5 Å². The summed E-state index contributed by atoms with van der Waals surface area (Å²) >= 11 is 1.81. The van der Waals surface area contributed by atoms with Crippen LogP contribution in [0.2, 0.25) is 0 Å². The standard InChI is InChI=1S/C14H18N2O2S/c1-4-9(2)19-8-13-15-14(18-16-13)11-6-5-7-12(17)10(11)3/h5-7,9,17H,4,8H2,1-3H3. The predicted octanol–water partition coefficient (Wildman–Crippen LogP) is 3.78. The molecule has 0 spiro atoms. The number of aromatic nitrogens is 2. The maximum absolute atomic E-state index is 9.68. The van der Waals surface area contributed by atoms with Gasteiger partial charge in [0.1, 0.15) is 5.75 Å². The van der Waals surface area contributed by atoms with Gasteiger partial charge in [0.2, 0.25) is 0 Å². The largest absolute Gasteiger partial charge is 0.508 e. The Morgan fingerprint density at radius 1 is 1.42 bits per heavy atom. The molecule has 0 aliphatic carbocycles. The van der Waals surface area contributed by atoms with Crippen LogP contribution in [-0.2, 0) is 5.75 Å². The first-order valence-electron chi connectivity index (χ1n) is 6.35. The Morgan fingerprint density at radius 3 is 2.95 bits per heavy atom. The van der Waals surface area contributed by atoms with Crippen LogP contribution in [0.3, 0.4) is 0 Å². The number of phenols is 1. The van der Waals surface area contributed by atoms with Gasteiger partial charge in [-0.25, -0.2) is 0 Å². The maximum atomic E-state index is 9.68. The van der Waals surface area contributed by atoms with E-state index in [0.717, 1.165) is 23.3 Å². The van der Waals surface area contributed by atoms with Gasteiger partial charge in [-0.3, -0.25) is 0 Å². The van der Waals surface area contributed by atoms with Crippen LogP contribution in [0.4, 0.5) is 0 Å². The molecule has 4 nitrogen and oxygen atoms in total. The number of benzene rings is 1. The number of nitrogens with zero attached hydrogens (tertiary/aromatic N) is 2. The van der Waals surface area contributed by atoms with Crippen LogP contribution >= 0.6 is 11.8 Å². The monoisotopic (exact) mass is 278 g/mol. The van der Waals surface area contributed by atoms with Gasteiger partial charge < -0.3 is 9.63 Å². The molecule has 0 amide bonds. The van der Waals surface area contributed by atoms with Crippen LogP contribution < -0.4 is 0 Å². The van der Waals surface area contributed by atoms with E-state index in [1.807, 2.05) is 24.8 Å². The van der Waals surface area contributed by atoms with Gasteiger partial charge in [0, 0.05) is 16.4 Å². The van der Waals surface area contributed by atoms with Crippen LogP contribution in [0.15, 0.2) is 22.7 Å². The molecule has 1 aromatic heterocycles. The number of aromatic hydroxyl groups is 1. The van der Waals surface area contributed by atoms with Crippen LogP contribution in [0.1, 0.15) is 31.7 Å². The highest BCUT2D eigenvalue weighted by Crippen LogP contribution is 2.28. The fraction of sp³-hybridized carbons (Fsp3) is 0.429. The second-order valence-electron chi connectivity index (χ2n) is 4.50. The second-order valence-corrected chi connectivity index (χ2v) is 5.92. The molecule has 1 N–H and O–H groups in total. The lowest BCUT2D eigenvalue weighted by Gasteiger charge is -2.04. The second kappa shape index (κ2) is 6.10. The van der Waals surface area contributed by atoms with Crippen molar-refractivity contribution in [1.29, 1.82) is 0 Å². The molecule has 1 aromatic carbocycles. The Kier molecular flexibility index (Phi) is 4.47. The van der Waals surface area contributed by atoms with Gasteiger partial charge in [-0.1, -0.05) is 25.1 Å². The van der Waals surface area contributed by atoms with Crippen molar-refractivity contribution < 1.29 is 9.63 Å². The molecule has 19 heavy (non-hydrogen) atoms. The van der Waals surface area contributed by atoms with Crippen molar-refractivity contribution >= 4 is 11.8 Å². The zero-order valence-electron chi connectivity index (χ0n) is 11.4. The van der Waals surface area contributed by atoms with Gasteiger partial charge >= 0.3 is 0 Å². The topological polar surface area (TPSA) is 59.2 Å². The minimum absolute atomic E-state index is 0.242. The lowest BCUT2D eigenvalue weighted by molar-refractivity contribution is 0.424. The van der Waals surface area contributed by atoms with Gasteiger partial charge in [-0.05, 0) is 25.5 Å². The number of thioether (sulfide) groups is 1. The molecule has 1 unspecified atom stereocenters. The first-order valence-corrected chi connectivity index (χ1v) is 7.39. The predicted molar refractivity (Wildman–Crippen MR) is 77.2 cm³/mol. The van der Waals surface area contributed by atoms with Gasteiger partial charge in [0.25, 0.3) is 5.89 Å². The molecule has 0 aliphatic heterocycles. The van der Waals surface area contributed by atoms with Crippen molar-refractivity contribution in [2.75, 3.05) is 0 Å². The van der Waals surface area contributed by atoms with Crippen LogP contribution in [0, 0.1) is 6.92 Å². The summed E-state index contributed by atoms with van der Waals surface area (Å²) in [6, 6.07) is 5.29. The zero-order valence-corrected chi connectivity index (χ0v) is 12.2. The maximum Gasteiger partial charge on any atom is 0.258 e. The van der Waals surface area contributed by atoms with E-state index in [2.05, 4.69) is 24.0 Å². The van der Waals surface area contributed by atoms with Gasteiger partial charge in [0.15, 0.2) is 5.82 Å². The summed E-state index contributed by atoms with van der Waals surface area (Å²) in [6.45, 7) is 6.18. The van der Waals surface area contributed by atoms with Gasteiger partial charge in [0.05, 0.1) is 5.75 Å². The molecule has 1 atom stereocenters. The molecule has 0 bridgehead atoms. The number of hydrogen-bond donors (Lipinski definition) is 1. The molecular formula is C14H18N2O2S. The third kappa shape index (κ3) is 3.29. The number of hydrogen-bond acceptors (Lipinski definition) is 5. The molecule has 5 heteroatoms. The van der Waals surface area contributed by atoms with Crippen LogP contribution in [-0.4, -0.2) is 20.5 Å². The van der Waals surface area contributed by atoms with E-state index >= 15 is 0 Å². The summed E-state index contributed by atoms with van der Waals surface area (Å²) in [5.41, 5.74) is 1.54. The molecular weight excluding hydrogens is 260 g/mol. The number of rotatable bonds is 5. The Morgan fingerprint density at radius 2 is 2.21 bits per heavy atom. The minimum atomic E-state index is 0.242. The van der Waals surface area contributed by atoms with Crippen molar-refractivity contribution in [3.63, 3.8) is 0 Å². The first kappa shape index (κ1) is 13.9. The average Bonchev–Trinajstić information content (AvgIpc) is 2.87. The van der Waals surface area contributed by atoms with Crippen molar-refractivity contribution in [2.45, 2.75) is 38.2 Å². The van der Waals surface area contributed by atoms with Crippen molar-refractivity contribution in [2.24, 2.45) is 0 Å². The third-order valence-electron chi connectivity index (χ3n) is 3.08. The SMILES string of the molecule is CCC(C)SCc1noc(-c2cccc(O)c2C)n1. The molecule has 0 saturated carbocycles. The zero-order chi connectivity index (χ0) is 13.8. The lowest BCUT2D eigenvalue weighted by Crippen LogP contribution is -1.94. The highest BCUT2D eigenvalue weighted by Gasteiger charge is 2.13. The summed E-state index contributed by atoms with van der Waals surface area (Å²) in [6.07, 6.45) is 1.13. The normalized spacial score (nSPS) is 12.6. The van der Waals surface area contributed by atoms with Gasteiger partial charge in [-0.15, -0.1) is 0 Å². The molecule has 102 valence electrons. The Balaban J connectivity index is 2.14. The third-order valence-corrected chi connectivity index (χ3v) is 4.40. The lowest BCUT2D eigenvalue weighted by atomic mass is 10.1. The summed E-state index contributed by atoms with van der Waals surface area (Å²) < 4.78 is 5.27. The molecule has 1 heterocycles. The quantitative estimate of drug-likeness (QED) is 0.901. The van der Waals surface area contributed by atoms with Gasteiger partial charge in [-0.2, -0.15) is 16.7 Å². The van der Waals surface area contributed by atoms with Crippen LogP contribution in [0.5, 0.6) is 5.75 Å². The Labute approximate surface area is 117 Å². The Hall–Kier alpha value is -1.49. The first-order chi connectivity index (χ1) is 9.11. The molecule has 0 fully saturated rings. The summed E-state index contributed by atoms with van der Waals surface area (Å²) in [4.78, 5) is 4.38. The molecule has 0 saturated heterocycles. The summed E-state index contributed by atoms with van der Waals surface area (Å²) in [7, 11) is 0. The van der Waals surface area contributed by atoms with E-state index in [4.69, 9.17) is 4.52 Å². The van der Waals surface area contributed by atoms with Crippen molar-refractivity contribution in [3.05, 3.63) is 29.6 Å². The summed E-state index contributed by atoms with van der Waals surface area (Å²) in [5.74, 6) is 2.15. The van der Waals surface area contributed by atoms with E-state index in [9.17, 15) is 5.11 Å². The number of phenolic OH excluding ortho intramolecular Hbond substituents is 1. The average molecular weight is 278 g/mol. The summed E-state index contributed by atoms with van der Waals surface area (Å²) in [5, 5.41) is 14.3. The van der Waals surface area contributed by atoms with E-state index < -0.39 is 0 Å².